The van der Waals surface area contributed by atoms with Gasteiger partial charge < -0.3 is 14.9 Å². The molecule has 2 aromatic carbocycles. The van der Waals surface area contributed by atoms with Crippen molar-refractivity contribution in [1.82, 2.24) is 0 Å². The van der Waals surface area contributed by atoms with Crippen LogP contribution in [0.1, 0.15) is 27.4 Å². The Morgan fingerprint density at radius 2 is 1.68 bits per heavy atom. The molecule has 0 saturated carbocycles. The van der Waals surface area contributed by atoms with Crippen LogP contribution in [0.4, 0.5) is 0 Å². The van der Waals surface area contributed by atoms with Gasteiger partial charge in [-0.25, -0.2) is 4.79 Å². The molecular weight excluding hydrogens is 284 g/mol. The molecule has 22 heavy (non-hydrogen) atoms. The maximum Gasteiger partial charge on any atom is 0.335 e. The van der Waals surface area contributed by atoms with E-state index in [0.29, 0.717) is 11.3 Å². The van der Waals surface area contributed by atoms with Gasteiger partial charge in [0.25, 0.3) is 0 Å². The summed E-state index contributed by atoms with van der Waals surface area (Å²) in [6.07, 6.45) is 0.260. The molecule has 5 heteroatoms. The van der Waals surface area contributed by atoms with Crippen LogP contribution in [0.2, 0.25) is 0 Å². The lowest BCUT2D eigenvalue weighted by Gasteiger charge is -2.16. The lowest BCUT2D eigenvalue weighted by molar-refractivity contribution is -0.138. The van der Waals surface area contributed by atoms with E-state index in [-0.39, 0.29) is 12.0 Å². The standard InChI is InChI=1S/C17H16O5/c1-22-15-5-3-2-4-13(15)14(17(20)21)10-11-6-8-12(9-7-11)16(18)19/h2-9,14H,10H2,1H3,(H,18,19)(H,20,21). The van der Waals surface area contributed by atoms with Crippen molar-refractivity contribution in [3.05, 3.63) is 65.2 Å². The van der Waals surface area contributed by atoms with Crippen molar-refractivity contribution in [3.8, 4) is 5.75 Å². The third kappa shape index (κ3) is 3.44. The Morgan fingerprint density at radius 1 is 1.05 bits per heavy atom. The first-order chi connectivity index (χ1) is 10.5. The molecular formula is C17H16O5. The Labute approximate surface area is 127 Å². The Morgan fingerprint density at radius 3 is 2.23 bits per heavy atom. The van der Waals surface area contributed by atoms with E-state index < -0.39 is 17.9 Å². The Hall–Kier alpha value is -2.82. The van der Waals surface area contributed by atoms with Gasteiger partial charge in [0, 0.05) is 5.56 Å². The number of hydrogen-bond acceptors (Lipinski definition) is 3. The monoisotopic (exact) mass is 300 g/mol. The van der Waals surface area contributed by atoms with Gasteiger partial charge in [0.15, 0.2) is 0 Å². The van der Waals surface area contributed by atoms with Gasteiger partial charge >= 0.3 is 11.9 Å². The number of hydrogen-bond donors (Lipinski definition) is 2. The van der Waals surface area contributed by atoms with E-state index in [1.165, 1.54) is 19.2 Å². The predicted molar refractivity (Wildman–Crippen MR) is 80.5 cm³/mol. The van der Waals surface area contributed by atoms with Gasteiger partial charge in [0.05, 0.1) is 18.6 Å². The normalized spacial score (nSPS) is 11.7. The van der Waals surface area contributed by atoms with Crippen molar-refractivity contribution in [2.75, 3.05) is 7.11 Å². The minimum Gasteiger partial charge on any atom is -0.496 e. The van der Waals surface area contributed by atoms with Crippen LogP contribution in [0, 0.1) is 0 Å². The number of aliphatic carboxylic acids is 1. The maximum absolute atomic E-state index is 11.6. The molecule has 0 amide bonds. The maximum atomic E-state index is 11.6. The Balaban J connectivity index is 2.29. The number of carboxylic acid groups (broad SMARTS) is 2. The lowest BCUT2D eigenvalue weighted by atomic mass is 9.91. The zero-order chi connectivity index (χ0) is 16.1. The van der Waals surface area contributed by atoms with Crippen LogP contribution < -0.4 is 4.74 Å². The minimum atomic E-state index is -1.01. The number of aromatic carboxylic acids is 1. The second-order valence-corrected chi connectivity index (χ2v) is 4.84. The number of rotatable bonds is 6. The number of methoxy groups -OCH3 is 1. The second kappa shape index (κ2) is 6.76. The highest BCUT2D eigenvalue weighted by Gasteiger charge is 2.23. The molecule has 0 bridgehead atoms. The summed E-state index contributed by atoms with van der Waals surface area (Å²) in [4.78, 5) is 22.4. The molecule has 0 aromatic heterocycles. The van der Waals surface area contributed by atoms with Crippen molar-refractivity contribution in [1.29, 1.82) is 0 Å². The predicted octanol–water partition coefficient (Wildman–Crippen LogP) is 2.80. The molecule has 5 nitrogen and oxygen atoms in total. The van der Waals surface area contributed by atoms with Gasteiger partial charge in [-0.15, -0.1) is 0 Å². The van der Waals surface area contributed by atoms with E-state index in [4.69, 9.17) is 9.84 Å². The molecule has 114 valence electrons. The molecule has 0 aliphatic rings. The van der Waals surface area contributed by atoms with Gasteiger partial charge in [-0.3, -0.25) is 4.79 Å². The molecule has 0 radical (unpaired) electrons. The molecule has 0 fully saturated rings. The number of carboxylic acids is 2. The van der Waals surface area contributed by atoms with Crippen molar-refractivity contribution >= 4 is 11.9 Å². The molecule has 0 spiro atoms. The van der Waals surface area contributed by atoms with Crippen LogP contribution >= 0.6 is 0 Å². The zero-order valence-corrected chi connectivity index (χ0v) is 12.0. The average Bonchev–Trinajstić information content (AvgIpc) is 2.52. The van der Waals surface area contributed by atoms with Crippen LogP contribution in [0.15, 0.2) is 48.5 Å². The van der Waals surface area contributed by atoms with Crippen molar-refractivity contribution < 1.29 is 24.5 Å². The summed E-state index contributed by atoms with van der Waals surface area (Å²) in [6, 6.07) is 13.2. The van der Waals surface area contributed by atoms with Crippen LogP contribution in [0.3, 0.4) is 0 Å². The largest absolute Gasteiger partial charge is 0.496 e. The summed E-state index contributed by atoms with van der Waals surface area (Å²) in [5.74, 6) is -2.19. The van der Waals surface area contributed by atoms with Gasteiger partial charge in [-0.2, -0.15) is 0 Å². The smallest absolute Gasteiger partial charge is 0.335 e. The summed E-state index contributed by atoms with van der Waals surface area (Å²) < 4.78 is 5.22. The van der Waals surface area contributed by atoms with Crippen LogP contribution in [0.25, 0.3) is 0 Å². The van der Waals surface area contributed by atoms with Gasteiger partial charge in [0.2, 0.25) is 0 Å². The van der Waals surface area contributed by atoms with E-state index in [9.17, 15) is 14.7 Å². The molecule has 0 heterocycles. The second-order valence-electron chi connectivity index (χ2n) is 4.84. The number of para-hydroxylation sites is 1. The Kier molecular flexibility index (Phi) is 4.78. The van der Waals surface area contributed by atoms with Crippen LogP contribution in [-0.2, 0) is 11.2 Å². The van der Waals surface area contributed by atoms with Crippen molar-refractivity contribution in [3.63, 3.8) is 0 Å². The fourth-order valence-corrected chi connectivity index (χ4v) is 2.30. The van der Waals surface area contributed by atoms with E-state index in [1.807, 2.05) is 0 Å². The summed E-state index contributed by atoms with van der Waals surface area (Å²) in [5.41, 5.74) is 1.52. The van der Waals surface area contributed by atoms with E-state index >= 15 is 0 Å². The fraction of sp³-hybridized carbons (Fsp3) is 0.176. The molecule has 0 aliphatic heterocycles. The van der Waals surface area contributed by atoms with Gasteiger partial charge in [-0.1, -0.05) is 30.3 Å². The third-order valence-corrected chi connectivity index (χ3v) is 3.45. The molecule has 0 saturated heterocycles. The quantitative estimate of drug-likeness (QED) is 0.857. The number of ether oxygens (including phenoxy) is 1. The highest BCUT2D eigenvalue weighted by atomic mass is 16.5. The highest BCUT2D eigenvalue weighted by Crippen LogP contribution is 2.29. The first kappa shape index (κ1) is 15.6. The lowest BCUT2D eigenvalue weighted by Crippen LogP contribution is -2.15. The van der Waals surface area contributed by atoms with E-state index in [2.05, 4.69) is 0 Å². The summed E-state index contributed by atoms with van der Waals surface area (Å²) in [5, 5.41) is 18.4. The third-order valence-electron chi connectivity index (χ3n) is 3.45. The van der Waals surface area contributed by atoms with Crippen LogP contribution in [0.5, 0.6) is 5.75 Å². The first-order valence-electron chi connectivity index (χ1n) is 6.71. The molecule has 0 aliphatic carbocycles. The average molecular weight is 300 g/mol. The molecule has 1 atom stereocenters. The topological polar surface area (TPSA) is 83.8 Å². The number of carbonyl (C=O) groups is 2. The summed E-state index contributed by atoms with van der Waals surface area (Å²) in [7, 11) is 1.50. The molecule has 2 N–H and O–H groups in total. The summed E-state index contributed by atoms with van der Waals surface area (Å²) >= 11 is 0. The first-order valence-corrected chi connectivity index (χ1v) is 6.71. The van der Waals surface area contributed by atoms with Gasteiger partial charge in [0.1, 0.15) is 5.75 Å². The van der Waals surface area contributed by atoms with E-state index in [1.54, 1.807) is 36.4 Å². The minimum absolute atomic E-state index is 0.174. The fourth-order valence-electron chi connectivity index (χ4n) is 2.30. The summed E-state index contributed by atoms with van der Waals surface area (Å²) in [6.45, 7) is 0. The van der Waals surface area contributed by atoms with Gasteiger partial charge in [-0.05, 0) is 30.2 Å². The molecule has 1 unspecified atom stereocenters. The molecule has 2 aromatic rings. The number of benzene rings is 2. The Bertz CT molecular complexity index is 676. The van der Waals surface area contributed by atoms with Crippen molar-refractivity contribution in [2.24, 2.45) is 0 Å². The molecule has 2 rings (SSSR count). The zero-order valence-electron chi connectivity index (χ0n) is 12.0. The van der Waals surface area contributed by atoms with E-state index in [0.717, 1.165) is 5.56 Å². The highest BCUT2D eigenvalue weighted by molar-refractivity contribution is 5.87. The van der Waals surface area contributed by atoms with Crippen LogP contribution in [-0.4, -0.2) is 29.3 Å². The SMILES string of the molecule is COc1ccccc1C(Cc1ccc(C(=O)O)cc1)C(=O)O. The van der Waals surface area contributed by atoms with Crippen molar-refractivity contribution in [2.45, 2.75) is 12.3 Å².